The second kappa shape index (κ2) is 9.07. The van der Waals surface area contributed by atoms with Gasteiger partial charge in [0.05, 0.1) is 11.4 Å². The van der Waals surface area contributed by atoms with Crippen molar-refractivity contribution in [3.63, 3.8) is 0 Å². The van der Waals surface area contributed by atoms with E-state index in [2.05, 4.69) is 10.6 Å². The lowest BCUT2D eigenvalue weighted by Crippen LogP contribution is -2.15. The Balaban J connectivity index is 1.27. The number of ether oxygens (including phenoxy) is 1. The third-order valence-corrected chi connectivity index (χ3v) is 5.27. The number of hydrogen-bond donors (Lipinski definition) is 4. The van der Waals surface area contributed by atoms with Crippen molar-refractivity contribution < 1.29 is 18.7 Å². The van der Waals surface area contributed by atoms with Gasteiger partial charge in [0, 0.05) is 23.2 Å². The predicted octanol–water partition coefficient (Wildman–Crippen LogP) is 4.22. The Kier molecular flexibility index (Phi) is 6.04. The van der Waals surface area contributed by atoms with Gasteiger partial charge in [0.15, 0.2) is 0 Å². The van der Waals surface area contributed by atoms with Crippen molar-refractivity contribution in [3.8, 4) is 0 Å². The first-order valence-electron chi connectivity index (χ1n) is 10.1. The molecule has 32 heavy (non-hydrogen) atoms. The van der Waals surface area contributed by atoms with Gasteiger partial charge in [0.1, 0.15) is 12.4 Å². The van der Waals surface area contributed by atoms with Crippen LogP contribution in [0.4, 0.5) is 26.2 Å². The maximum absolute atomic E-state index is 13.1. The molecule has 6 N–H and O–H groups in total. The minimum atomic E-state index is -0.602. The highest BCUT2D eigenvalue weighted by Gasteiger charge is 2.34. The fraction of sp³-hybridized carbons (Fsp3) is 0.167. The van der Waals surface area contributed by atoms with Gasteiger partial charge < -0.3 is 21.5 Å². The van der Waals surface area contributed by atoms with Gasteiger partial charge in [-0.2, -0.15) is 0 Å². The summed E-state index contributed by atoms with van der Waals surface area (Å²) in [6.45, 7) is 0.141. The predicted molar refractivity (Wildman–Crippen MR) is 121 cm³/mol. The molecule has 164 valence electrons. The van der Waals surface area contributed by atoms with Gasteiger partial charge in [-0.15, -0.1) is 0 Å². The summed E-state index contributed by atoms with van der Waals surface area (Å²) in [4.78, 5) is 24.4. The molecule has 0 saturated heterocycles. The molecule has 0 bridgehead atoms. The average Bonchev–Trinajstić information content (AvgIpc) is 3.51. The highest BCUT2D eigenvalue weighted by Crippen LogP contribution is 2.38. The molecule has 1 saturated carbocycles. The Labute approximate surface area is 184 Å². The maximum Gasteiger partial charge on any atom is 0.411 e. The second-order valence-electron chi connectivity index (χ2n) is 7.71. The lowest BCUT2D eigenvalue weighted by Gasteiger charge is -2.10. The number of benzene rings is 3. The first kappa shape index (κ1) is 21.3. The van der Waals surface area contributed by atoms with Gasteiger partial charge in [0.2, 0.25) is 0 Å². The largest absolute Gasteiger partial charge is 0.444 e. The van der Waals surface area contributed by atoms with Crippen LogP contribution in [0, 0.1) is 5.82 Å². The zero-order chi connectivity index (χ0) is 22.7. The van der Waals surface area contributed by atoms with Crippen LogP contribution in [0.5, 0.6) is 0 Å². The molecule has 3 aromatic rings. The number of nitrogen functional groups attached to an aromatic ring is 1. The van der Waals surface area contributed by atoms with Crippen LogP contribution in [0.15, 0.2) is 66.7 Å². The smallest absolute Gasteiger partial charge is 0.411 e. The van der Waals surface area contributed by atoms with Gasteiger partial charge >= 0.3 is 6.09 Å². The summed E-state index contributed by atoms with van der Waals surface area (Å²) in [5, 5.41) is 5.24. The second-order valence-corrected chi connectivity index (χ2v) is 7.71. The van der Waals surface area contributed by atoms with Crippen molar-refractivity contribution in [1.29, 1.82) is 0 Å². The number of anilines is 3. The molecular formula is C24H23FN4O3. The molecule has 2 atom stereocenters. The fourth-order valence-corrected chi connectivity index (χ4v) is 3.31. The number of nitrogens with one attached hydrogen (secondary N) is 2. The Bertz CT molecular complexity index is 1130. The van der Waals surface area contributed by atoms with Crippen LogP contribution in [0.25, 0.3) is 0 Å². The van der Waals surface area contributed by atoms with Crippen molar-refractivity contribution >= 4 is 29.1 Å². The third kappa shape index (κ3) is 5.22. The van der Waals surface area contributed by atoms with Crippen LogP contribution in [0.3, 0.4) is 0 Å². The average molecular weight is 434 g/mol. The van der Waals surface area contributed by atoms with Crippen molar-refractivity contribution in [3.05, 3.63) is 89.2 Å². The highest BCUT2D eigenvalue weighted by atomic mass is 19.1. The van der Waals surface area contributed by atoms with Crippen molar-refractivity contribution in [2.75, 3.05) is 16.4 Å². The molecule has 3 aromatic carbocycles. The van der Waals surface area contributed by atoms with Crippen LogP contribution < -0.4 is 22.1 Å². The number of carbonyl (C=O) groups excluding carboxylic acids is 2. The molecule has 0 aliphatic heterocycles. The molecule has 0 aromatic heterocycles. The Morgan fingerprint density at radius 2 is 1.69 bits per heavy atom. The van der Waals surface area contributed by atoms with Crippen molar-refractivity contribution in [2.45, 2.75) is 25.0 Å². The van der Waals surface area contributed by atoms with Crippen LogP contribution in [-0.4, -0.2) is 18.0 Å². The van der Waals surface area contributed by atoms with Gasteiger partial charge in [-0.05, 0) is 60.0 Å². The number of halogens is 1. The third-order valence-electron chi connectivity index (χ3n) is 5.27. The van der Waals surface area contributed by atoms with Gasteiger partial charge in [-0.3, -0.25) is 10.1 Å². The van der Waals surface area contributed by atoms with Crippen molar-refractivity contribution in [1.82, 2.24) is 0 Å². The molecule has 1 aliphatic carbocycles. The molecule has 0 unspecified atom stereocenters. The zero-order valence-corrected chi connectivity index (χ0v) is 17.2. The normalized spacial score (nSPS) is 16.8. The summed E-state index contributed by atoms with van der Waals surface area (Å²) in [7, 11) is 0. The van der Waals surface area contributed by atoms with Crippen LogP contribution >= 0.6 is 0 Å². The lowest BCUT2D eigenvalue weighted by molar-refractivity contribution is 0.102. The number of carbonyl (C=O) groups is 2. The molecule has 0 spiro atoms. The van der Waals surface area contributed by atoms with Gasteiger partial charge in [-0.1, -0.05) is 24.3 Å². The lowest BCUT2D eigenvalue weighted by atomic mass is 10.1. The van der Waals surface area contributed by atoms with E-state index in [1.54, 1.807) is 24.3 Å². The molecule has 1 aliphatic rings. The molecule has 2 amide bonds. The number of nitrogens with two attached hydrogens (primary N) is 2. The van der Waals surface area contributed by atoms with Gasteiger partial charge in [-0.25, -0.2) is 9.18 Å². The van der Waals surface area contributed by atoms with Crippen LogP contribution in [0.1, 0.15) is 33.8 Å². The topological polar surface area (TPSA) is 119 Å². The molecule has 0 radical (unpaired) electrons. The number of rotatable bonds is 6. The SMILES string of the molecule is Nc1cc(F)ccc1NC(=O)c1ccc(NC(=O)OCc2ccc([C@H]3C[C@@H]3N)cc2)cc1. The minimum absolute atomic E-state index is 0.130. The summed E-state index contributed by atoms with van der Waals surface area (Å²) >= 11 is 0. The van der Waals surface area contributed by atoms with E-state index in [0.717, 1.165) is 18.1 Å². The first-order chi connectivity index (χ1) is 15.4. The highest BCUT2D eigenvalue weighted by molar-refractivity contribution is 6.06. The number of amides is 2. The number of hydrogen-bond acceptors (Lipinski definition) is 5. The maximum atomic E-state index is 13.1. The molecule has 8 heteroatoms. The Morgan fingerprint density at radius 3 is 2.31 bits per heavy atom. The van der Waals surface area contributed by atoms with E-state index < -0.39 is 17.8 Å². The fourth-order valence-electron chi connectivity index (χ4n) is 3.31. The summed E-state index contributed by atoms with van der Waals surface area (Å²) in [5.74, 6) is -0.456. The van der Waals surface area contributed by atoms with E-state index in [4.69, 9.17) is 16.2 Å². The summed E-state index contributed by atoms with van der Waals surface area (Å²) in [6.07, 6.45) is 0.411. The molecular weight excluding hydrogens is 411 g/mol. The van der Waals surface area contributed by atoms with E-state index in [9.17, 15) is 14.0 Å². The van der Waals surface area contributed by atoms with E-state index in [0.29, 0.717) is 22.9 Å². The molecule has 4 rings (SSSR count). The monoisotopic (exact) mass is 434 g/mol. The van der Waals surface area contributed by atoms with Crippen molar-refractivity contribution in [2.24, 2.45) is 5.73 Å². The summed E-state index contributed by atoms with van der Waals surface area (Å²) in [6, 6.07) is 18.1. The summed E-state index contributed by atoms with van der Waals surface area (Å²) < 4.78 is 18.4. The standard InChI is InChI=1S/C24H23FN4O3/c25-17-7-10-22(21(27)11-17)29-23(30)16-5-8-18(9-6-16)28-24(31)32-13-14-1-3-15(4-2-14)19-12-20(19)26/h1-11,19-20H,12-13,26-27H2,(H,28,31)(H,29,30)/t19-,20+/m1/s1. The Hall–Kier alpha value is -3.91. The molecule has 0 heterocycles. The van der Waals surface area contributed by atoms with E-state index in [-0.39, 0.29) is 18.3 Å². The minimum Gasteiger partial charge on any atom is -0.444 e. The van der Waals surface area contributed by atoms with Crippen LogP contribution in [0.2, 0.25) is 0 Å². The Morgan fingerprint density at radius 1 is 1.00 bits per heavy atom. The first-order valence-corrected chi connectivity index (χ1v) is 10.1. The van der Waals surface area contributed by atoms with Crippen LogP contribution in [-0.2, 0) is 11.3 Å². The van der Waals surface area contributed by atoms with E-state index >= 15 is 0 Å². The molecule has 7 nitrogen and oxygen atoms in total. The molecule has 1 fully saturated rings. The quantitative estimate of drug-likeness (QED) is 0.433. The van der Waals surface area contributed by atoms with E-state index in [1.165, 1.54) is 17.7 Å². The zero-order valence-electron chi connectivity index (χ0n) is 17.2. The van der Waals surface area contributed by atoms with E-state index in [1.807, 2.05) is 24.3 Å². The summed E-state index contributed by atoms with van der Waals surface area (Å²) in [5.41, 5.74) is 14.9. The van der Waals surface area contributed by atoms with Gasteiger partial charge in [0.25, 0.3) is 5.91 Å².